The molecule has 0 unspecified atom stereocenters. The van der Waals surface area contributed by atoms with Crippen molar-refractivity contribution in [3.05, 3.63) is 47.5 Å². The van der Waals surface area contributed by atoms with E-state index in [0.717, 1.165) is 11.1 Å². The molecule has 0 aromatic heterocycles. The number of anilines is 1. The minimum atomic E-state index is -1.51. The van der Waals surface area contributed by atoms with Crippen molar-refractivity contribution in [3.63, 3.8) is 0 Å². The summed E-state index contributed by atoms with van der Waals surface area (Å²) < 4.78 is 10.9. The van der Waals surface area contributed by atoms with Gasteiger partial charge in [-0.1, -0.05) is 18.2 Å². The Hall–Kier alpha value is -2.51. The van der Waals surface area contributed by atoms with Crippen LogP contribution in [-0.4, -0.2) is 36.3 Å². The number of nitrogens with one attached hydrogen (secondary N) is 1. The van der Waals surface area contributed by atoms with Crippen LogP contribution in [0.25, 0.3) is 0 Å². The zero-order chi connectivity index (χ0) is 17.1. The highest BCUT2D eigenvalue weighted by Gasteiger charge is 2.15. The molecule has 0 saturated carbocycles. The van der Waals surface area contributed by atoms with E-state index in [1.165, 1.54) is 0 Å². The Kier molecular flexibility index (Phi) is 4.73. The molecule has 1 aliphatic rings. The van der Waals surface area contributed by atoms with Crippen LogP contribution in [0, 0.1) is 6.92 Å². The van der Waals surface area contributed by atoms with Crippen LogP contribution in [0.3, 0.4) is 0 Å². The van der Waals surface area contributed by atoms with E-state index in [2.05, 4.69) is 5.32 Å². The fourth-order valence-electron chi connectivity index (χ4n) is 2.58. The van der Waals surface area contributed by atoms with E-state index < -0.39 is 7.12 Å². The van der Waals surface area contributed by atoms with Gasteiger partial charge in [-0.25, -0.2) is 0 Å². The van der Waals surface area contributed by atoms with Gasteiger partial charge in [-0.05, 0) is 35.6 Å². The Bertz CT molecular complexity index is 763. The number of benzene rings is 2. The Morgan fingerprint density at radius 1 is 1.12 bits per heavy atom. The Balaban J connectivity index is 1.67. The van der Waals surface area contributed by atoms with E-state index in [4.69, 9.17) is 19.5 Å². The number of rotatable bonds is 4. The number of hydrogen-bond acceptors (Lipinski definition) is 5. The number of amides is 1. The summed E-state index contributed by atoms with van der Waals surface area (Å²) in [6.07, 6.45) is 0.197. The molecule has 0 atom stereocenters. The molecule has 1 amide bonds. The Morgan fingerprint density at radius 2 is 1.88 bits per heavy atom. The number of ether oxygens (including phenoxy) is 2. The summed E-state index contributed by atoms with van der Waals surface area (Å²) in [7, 11) is -1.51. The molecule has 0 aliphatic carbocycles. The van der Waals surface area contributed by atoms with Crippen LogP contribution in [0.4, 0.5) is 5.69 Å². The van der Waals surface area contributed by atoms with Gasteiger partial charge in [0.2, 0.25) is 5.91 Å². The SMILES string of the molecule is Cc1cc(B(O)O)ccc1CC(=O)Nc1ccc2c(c1)OCCO2. The maximum Gasteiger partial charge on any atom is 0.488 e. The second kappa shape index (κ2) is 6.94. The summed E-state index contributed by atoms with van der Waals surface area (Å²) in [5.74, 6) is 1.14. The van der Waals surface area contributed by atoms with Crippen LogP contribution >= 0.6 is 0 Å². The molecule has 0 saturated heterocycles. The van der Waals surface area contributed by atoms with Gasteiger partial charge in [0.1, 0.15) is 13.2 Å². The fraction of sp³-hybridized carbons (Fsp3) is 0.235. The third-order valence-corrected chi connectivity index (χ3v) is 3.84. The molecule has 0 radical (unpaired) electrons. The van der Waals surface area contributed by atoms with Crippen LogP contribution in [0.2, 0.25) is 0 Å². The maximum atomic E-state index is 12.2. The molecule has 2 aromatic rings. The zero-order valence-electron chi connectivity index (χ0n) is 13.3. The van der Waals surface area contributed by atoms with Gasteiger partial charge in [-0.3, -0.25) is 4.79 Å². The first kappa shape index (κ1) is 16.4. The third kappa shape index (κ3) is 3.69. The molecule has 0 spiro atoms. The molecule has 7 heteroatoms. The predicted molar refractivity (Wildman–Crippen MR) is 90.8 cm³/mol. The molecule has 24 heavy (non-hydrogen) atoms. The molecular formula is C17H18BNO5. The van der Waals surface area contributed by atoms with Crippen molar-refractivity contribution in [3.8, 4) is 11.5 Å². The van der Waals surface area contributed by atoms with Gasteiger partial charge in [-0.15, -0.1) is 0 Å². The predicted octanol–water partition coefficient (Wildman–Crippen LogP) is 0.627. The van der Waals surface area contributed by atoms with Crippen LogP contribution in [-0.2, 0) is 11.2 Å². The van der Waals surface area contributed by atoms with Gasteiger partial charge in [0.05, 0.1) is 6.42 Å². The van der Waals surface area contributed by atoms with Crippen molar-refractivity contribution in [2.24, 2.45) is 0 Å². The number of fused-ring (bicyclic) bond motifs is 1. The van der Waals surface area contributed by atoms with Crippen molar-refractivity contribution < 1.29 is 24.3 Å². The lowest BCUT2D eigenvalue weighted by molar-refractivity contribution is -0.115. The van der Waals surface area contributed by atoms with Gasteiger partial charge in [0.25, 0.3) is 0 Å². The van der Waals surface area contributed by atoms with E-state index in [9.17, 15) is 4.79 Å². The minimum Gasteiger partial charge on any atom is -0.486 e. The highest BCUT2D eigenvalue weighted by Crippen LogP contribution is 2.32. The standard InChI is InChI=1S/C17H18BNO5/c1-11-8-13(18(21)22)3-2-12(11)9-17(20)19-14-4-5-15-16(10-14)24-7-6-23-15/h2-5,8,10,21-22H,6-7,9H2,1H3,(H,19,20). The van der Waals surface area contributed by atoms with Crippen molar-refractivity contribution in [1.82, 2.24) is 0 Å². The van der Waals surface area contributed by atoms with Crippen molar-refractivity contribution in [2.75, 3.05) is 18.5 Å². The number of carbonyl (C=O) groups is 1. The van der Waals surface area contributed by atoms with Crippen LogP contribution in [0.1, 0.15) is 11.1 Å². The lowest BCUT2D eigenvalue weighted by Crippen LogP contribution is -2.30. The van der Waals surface area contributed by atoms with E-state index >= 15 is 0 Å². The molecule has 0 fully saturated rings. The summed E-state index contributed by atoms with van der Waals surface area (Å²) in [6.45, 7) is 2.85. The van der Waals surface area contributed by atoms with Gasteiger partial charge < -0.3 is 24.8 Å². The average molecular weight is 327 g/mol. The molecule has 124 valence electrons. The molecule has 1 heterocycles. The molecule has 2 aromatic carbocycles. The second-order valence-corrected chi connectivity index (χ2v) is 5.64. The van der Waals surface area contributed by atoms with Gasteiger partial charge in [0, 0.05) is 11.8 Å². The molecule has 0 bridgehead atoms. The van der Waals surface area contributed by atoms with E-state index in [-0.39, 0.29) is 12.3 Å². The first-order valence-electron chi connectivity index (χ1n) is 7.68. The van der Waals surface area contributed by atoms with E-state index in [0.29, 0.717) is 35.9 Å². The molecule has 6 nitrogen and oxygen atoms in total. The first-order chi connectivity index (χ1) is 11.5. The van der Waals surface area contributed by atoms with Gasteiger partial charge >= 0.3 is 7.12 Å². The summed E-state index contributed by atoms with van der Waals surface area (Å²) in [4.78, 5) is 12.2. The highest BCUT2D eigenvalue weighted by atomic mass is 16.6. The maximum absolute atomic E-state index is 12.2. The summed E-state index contributed by atoms with van der Waals surface area (Å²) in [5, 5.41) is 21.2. The van der Waals surface area contributed by atoms with Crippen molar-refractivity contribution in [2.45, 2.75) is 13.3 Å². The van der Waals surface area contributed by atoms with Crippen LogP contribution in [0.5, 0.6) is 11.5 Å². The zero-order valence-corrected chi connectivity index (χ0v) is 13.3. The minimum absolute atomic E-state index is 0.160. The monoisotopic (exact) mass is 327 g/mol. The second-order valence-electron chi connectivity index (χ2n) is 5.64. The smallest absolute Gasteiger partial charge is 0.486 e. The van der Waals surface area contributed by atoms with Gasteiger partial charge in [0.15, 0.2) is 11.5 Å². The lowest BCUT2D eigenvalue weighted by Gasteiger charge is -2.19. The molecule has 1 aliphatic heterocycles. The Labute approximate surface area is 140 Å². The van der Waals surface area contributed by atoms with Crippen molar-refractivity contribution >= 4 is 24.2 Å². The summed E-state index contributed by atoms with van der Waals surface area (Å²) in [6, 6.07) is 10.3. The average Bonchev–Trinajstić information content (AvgIpc) is 2.56. The summed E-state index contributed by atoms with van der Waals surface area (Å²) >= 11 is 0. The normalized spacial score (nSPS) is 12.6. The van der Waals surface area contributed by atoms with Crippen molar-refractivity contribution in [1.29, 1.82) is 0 Å². The highest BCUT2D eigenvalue weighted by molar-refractivity contribution is 6.58. The largest absolute Gasteiger partial charge is 0.488 e. The lowest BCUT2D eigenvalue weighted by atomic mass is 9.79. The topological polar surface area (TPSA) is 88.0 Å². The molecule has 3 rings (SSSR count). The molecular weight excluding hydrogens is 309 g/mol. The fourth-order valence-corrected chi connectivity index (χ4v) is 2.58. The number of carbonyl (C=O) groups excluding carboxylic acids is 1. The van der Waals surface area contributed by atoms with E-state index in [1.807, 2.05) is 6.92 Å². The molecule has 3 N–H and O–H groups in total. The van der Waals surface area contributed by atoms with E-state index in [1.54, 1.807) is 36.4 Å². The van der Waals surface area contributed by atoms with Crippen LogP contribution < -0.4 is 20.3 Å². The Morgan fingerprint density at radius 3 is 2.58 bits per heavy atom. The first-order valence-corrected chi connectivity index (χ1v) is 7.68. The number of aryl methyl sites for hydroxylation is 1. The third-order valence-electron chi connectivity index (χ3n) is 3.84. The summed E-state index contributed by atoms with van der Waals surface area (Å²) in [5.41, 5.74) is 2.71. The number of hydrogen-bond donors (Lipinski definition) is 3. The van der Waals surface area contributed by atoms with Crippen LogP contribution in [0.15, 0.2) is 36.4 Å². The quantitative estimate of drug-likeness (QED) is 0.717. The van der Waals surface area contributed by atoms with Gasteiger partial charge in [-0.2, -0.15) is 0 Å².